The van der Waals surface area contributed by atoms with Crippen LogP contribution in [-0.2, 0) is 25.9 Å². The van der Waals surface area contributed by atoms with Gasteiger partial charge in [0.2, 0.25) is 0 Å². The molecule has 4 rings (SSSR count). The highest BCUT2D eigenvalue weighted by atomic mass is 35.5. The van der Waals surface area contributed by atoms with Crippen LogP contribution in [-0.4, -0.2) is 31.5 Å². The fourth-order valence-electron chi connectivity index (χ4n) is 5.11. The second-order valence-corrected chi connectivity index (χ2v) is 10.6. The van der Waals surface area contributed by atoms with Gasteiger partial charge in [-0.3, -0.25) is 0 Å². The molecule has 6 heteroatoms. The van der Waals surface area contributed by atoms with Gasteiger partial charge in [-0.25, -0.2) is 8.42 Å². The standard InChI is InChI=1S/C22H25ClO4S/c1-14-19-15(2)21(28(24,25)18-11-9-17(23)10-12-18)22(3,27-19)20(14)26-13-16-7-5-4-6-8-16/h4-12,14-15,19-21H,13H2,1-3H3/t14-,15+,19-,20-,21+,22+/m1/s1. The van der Waals surface area contributed by atoms with Gasteiger partial charge in [0.05, 0.1) is 23.7 Å². The highest BCUT2D eigenvalue weighted by Crippen LogP contribution is 2.54. The van der Waals surface area contributed by atoms with Crippen molar-refractivity contribution in [2.45, 2.75) is 55.3 Å². The molecule has 0 saturated carbocycles. The molecule has 0 aromatic heterocycles. The molecule has 2 saturated heterocycles. The van der Waals surface area contributed by atoms with Gasteiger partial charge in [-0.2, -0.15) is 0 Å². The minimum Gasteiger partial charge on any atom is -0.370 e. The van der Waals surface area contributed by atoms with E-state index in [2.05, 4.69) is 6.92 Å². The van der Waals surface area contributed by atoms with Crippen molar-refractivity contribution in [1.82, 2.24) is 0 Å². The van der Waals surface area contributed by atoms with Gasteiger partial charge in [0.1, 0.15) is 10.9 Å². The van der Waals surface area contributed by atoms with E-state index in [9.17, 15) is 8.42 Å². The van der Waals surface area contributed by atoms with Gasteiger partial charge in [0, 0.05) is 16.9 Å². The summed E-state index contributed by atoms with van der Waals surface area (Å²) >= 11 is 5.94. The summed E-state index contributed by atoms with van der Waals surface area (Å²) in [5.41, 5.74) is 0.169. The largest absolute Gasteiger partial charge is 0.370 e. The molecule has 2 fully saturated rings. The van der Waals surface area contributed by atoms with E-state index in [0.717, 1.165) is 5.56 Å². The molecule has 2 heterocycles. The van der Waals surface area contributed by atoms with Crippen molar-refractivity contribution in [3.8, 4) is 0 Å². The van der Waals surface area contributed by atoms with Crippen LogP contribution in [0.15, 0.2) is 59.5 Å². The van der Waals surface area contributed by atoms with E-state index in [1.165, 1.54) is 0 Å². The van der Waals surface area contributed by atoms with Crippen LogP contribution in [0, 0.1) is 11.8 Å². The molecule has 28 heavy (non-hydrogen) atoms. The Bertz CT molecular complexity index is 944. The monoisotopic (exact) mass is 420 g/mol. The van der Waals surface area contributed by atoms with Crippen LogP contribution < -0.4 is 0 Å². The first-order valence-electron chi connectivity index (χ1n) is 9.58. The van der Waals surface area contributed by atoms with Crippen molar-refractivity contribution in [3.63, 3.8) is 0 Å². The van der Waals surface area contributed by atoms with Crippen LogP contribution in [0.3, 0.4) is 0 Å². The molecular weight excluding hydrogens is 396 g/mol. The first-order chi connectivity index (χ1) is 13.2. The normalized spacial score (nSPS) is 34.6. The summed E-state index contributed by atoms with van der Waals surface area (Å²) in [6, 6.07) is 16.3. The molecule has 0 radical (unpaired) electrons. The Hall–Kier alpha value is -1.40. The molecule has 6 atom stereocenters. The number of fused-ring (bicyclic) bond motifs is 2. The number of rotatable bonds is 5. The highest BCUT2D eigenvalue weighted by Gasteiger charge is 2.68. The van der Waals surface area contributed by atoms with Crippen molar-refractivity contribution in [1.29, 1.82) is 0 Å². The molecule has 0 amide bonds. The Balaban J connectivity index is 1.64. The van der Waals surface area contributed by atoms with Crippen LogP contribution in [0.5, 0.6) is 0 Å². The summed E-state index contributed by atoms with van der Waals surface area (Å²) in [6.07, 6.45) is -0.432. The third-order valence-electron chi connectivity index (χ3n) is 6.26. The molecular formula is C22H25ClO4S. The Morgan fingerprint density at radius 3 is 2.29 bits per heavy atom. The minimum absolute atomic E-state index is 0.114. The van der Waals surface area contributed by atoms with Gasteiger partial charge >= 0.3 is 0 Å². The lowest BCUT2D eigenvalue weighted by molar-refractivity contribution is -0.0748. The lowest BCUT2D eigenvalue weighted by Gasteiger charge is -2.40. The molecule has 4 nitrogen and oxygen atoms in total. The molecule has 2 aliphatic heterocycles. The van der Waals surface area contributed by atoms with E-state index >= 15 is 0 Å². The van der Waals surface area contributed by atoms with Crippen LogP contribution in [0.1, 0.15) is 26.3 Å². The molecule has 0 N–H and O–H groups in total. The lowest BCUT2D eigenvalue weighted by atomic mass is 9.74. The lowest BCUT2D eigenvalue weighted by Crippen LogP contribution is -2.56. The number of halogens is 1. The number of ether oxygens (including phenoxy) is 2. The Morgan fingerprint density at radius 1 is 1.04 bits per heavy atom. The fraction of sp³-hybridized carbons (Fsp3) is 0.455. The summed E-state index contributed by atoms with van der Waals surface area (Å²) in [7, 11) is -3.60. The number of hydrogen-bond donors (Lipinski definition) is 0. The van der Waals surface area contributed by atoms with E-state index in [0.29, 0.717) is 11.6 Å². The second-order valence-electron chi connectivity index (χ2n) is 8.12. The average Bonchev–Trinajstić information content (AvgIpc) is 3.08. The summed E-state index contributed by atoms with van der Waals surface area (Å²) < 4.78 is 39.6. The Labute approximate surface area is 171 Å². The number of benzene rings is 2. The summed E-state index contributed by atoms with van der Waals surface area (Å²) in [4.78, 5) is 0.278. The maximum absolute atomic E-state index is 13.5. The zero-order chi connectivity index (χ0) is 20.1. The first-order valence-corrected chi connectivity index (χ1v) is 11.5. The van der Waals surface area contributed by atoms with Gasteiger partial charge in [-0.1, -0.05) is 55.8 Å². The summed E-state index contributed by atoms with van der Waals surface area (Å²) in [6.45, 7) is 6.38. The van der Waals surface area contributed by atoms with Crippen LogP contribution in [0.4, 0.5) is 0 Å². The third kappa shape index (κ3) is 3.09. The van der Waals surface area contributed by atoms with Gasteiger partial charge in [0.25, 0.3) is 0 Å². The second kappa shape index (κ2) is 7.13. The molecule has 0 spiro atoms. The highest BCUT2D eigenvalue weighted by molar-refractivity contribution is 7.92. The molecule has 0 unspecified atom stereocenters. The fourth-order valence-corrected chi connectivity index (χ4v) is 7.57. The van der Waals surface area contributed by atoms with E-state index in [1.807, 2.05) is 44.2 Å². The van der Waals surface area contributed by atoms with Gasteiger partial charge in [-0.05, 0) is 36.8 Å². The minimum atomic E-state index is -3.60. The molecule has 0 aliphatic carbocycles. The zero-order valence-electron chi connectivity index (χ0n) is 16.2. The van der Waals surface area contributed by atoms with E-state index in [-0.39, 0.29) is 28.9 Å². The quantitative estimate of drug-likeness (QED) is 0.714. The molecule has 2 bridgehead atoms. The smallest absolute Gasteiger partial charge is 0.184 e. The van der Waals surface area contributed by atoms with Crippen molar-refractivity contribution in [2.75, 3.05) is 0 Å². The Kier molecular flexibility index (Phi) is 5.07. The SMILES string of the molecule is C[C@@H]1[C@H]2O[C@@](C)([C@@H]1OCc1ccccc1)[C@@H](S(=O)(=O)c1ccc(Cl)cc1)[C@H]2C. The topological polar surface area (TPSA) is 52.6 Å². The van der Waals surface area contributed by atoms with E-state index in [1.54, 1.807) is 24.3 Å². The van der Waals surface area contributed by atoms with E-state index in [4.69, 9.17) is 21.1 Å². The van der Waals surface area contributed by atoms with Crippen LogP contribution in [0.25, 0.3) is 0 Å². The summed E-state index contributed by atoms with van der Waals surface area (Å²) in [5, 5.41) is -0.150. The predicted molar refractivity (Wildman–Crippen MR) is 109 cm³/mol. The van der Waals surface area contributed by atoms with Crippen LogP contribution >= 0.6 is 11.6 Å². The van der Waals surface area contributed by atoms with Crippen molar-refractivity contribution >= 4 is 21.4 Å². The maximum Gasteiger partial charge on any atom is 0.184 e. The third-order valence-corrected chi connectivity index (χ3v) is 9.01. The van der Waals surface area contributed by atoms with Gasteiger partial charge < -0.3 is 9.47 Å². The molecule has 2 aromatic carbocycles. The van der Waals surface area contributed by atoms with Gasteiger partial charge in [0.15, 0.2) is 9.84 Å². The molecule has 150 valence electrons. The predicted octanol–water partition coefficient (Wildman–Crippen LogP) is 4.51. The Morgan fingerprint density at radius 2 is 1.68 bits per heavy atom. The van der Waals surface area contributed by atoms with Gasteiger partial charge in [-0.15, -0.1) is 0 Å². The molecule has 2 aliphatic rings. The van der Waals surface area contributed by atoms with Crippen molar-refractivity contribution in [3.05, 3.63) is 65.2 Å². The number of hydrogen-bond acceptors (Lipinski definition) is 4. The zero-order valence-corrected chi connectivity index (χ0v) is 17.8. The summed E-state index contributed by atoms with van der Waals surface area (Å²) in [5.74, 6) is 0.0117. The van der Waals surface area contributed by atoms with Crippen molar-refractivity contribution in [2.24, 2.45) is 11.8 Å². The first kappa shape index (κ1) is 19.9. The molecule has 2 aromatic rings. The van der Waals surface area contributed by atoms with E-state index < -0.39 is 20.7 Å². The van der Waals surface area contributed by atoms with Crippen LogP contribution in [0.2, 0.25) is 5.02 Å². The average molecular weight is 421 g/mol. The number of sulfone groups is 1. The van der Waals surface area contributed by atoms with Crippen molar-refractivity contribution < 1.29 is 17.9 Å². The maximum atomic E-state index is 13.5.